The second-order valence-electron chi connectivity index (χ2n) is 24.4. The number of hydrogen-bond acceptors (Lipinski definition) is 19. The maximum absolute atomic E-state index is 13.0. The molecule has 4 aliphatic heterocycles. The maximum Gasteiger partial charge on any atom is 0.310 e. The van der Waals surface area contributed by atoms with E-state index in [0.29, 0.717) is 25.2 Å². The van der Waals surface area contributed by atoms with Crippen LogP contribution in [0.1, 0.15) is 113 Å². The van der Waals surface area contributed by atoms with Crippen molar-refractivity contribution in [1.82, 2.24) is 0 Å². The average Bonchev–Trinajstić information content (AvgIpc) is 3.32. The van der Waals surface area contributed by atoms with E-state index in [9.17, 15) is 61.0 Å². The minimum atomic E-state index is -1.92. The van der Waals surface area contributed by atoms with Gasteiger partial charge in [0.25, 0.3) is 0 Å². The topological polar surface area (TPSA) is 313 Å². The number of carbonyl (C=O) groups is 1. The Kier molecular flexibility index (Phi) is 15.2. The molecule has 72 heavy (non-hydrogen) atoms. The van der Waals surface area contributed by atoms with E-state index in [4.69, 9.17) is 37.9 Å². The Morgan fingerprint density at radius 2 is 1.28 bits per heavy atom. The first-order chi connectivity index (χ1) is 33.7. The summed E-state index contributed by atoms with van der Waals surface area (Å²) < 4.78 is 48.2. The van der Waals surface area contributed by atoms with Gasteiger partial charge in [-0.3, -0.25) is 4.79 Å². The summed E-state index contributed by atoms with van der Waals surface area (Å²) >= 11 is 0. The molecular weight excluding hydrogens is 945 g/mol. The highest BCUT2D eigenvalue weighted by molar-refractivity contribution is 5.77. The summed E-state index contributed by atoms with van der Waals surface area (Å²) in [6.45, 7) is 17.8. The molecular formula is C52H82O20. The molecule has 0 aromatic rings. The van der Waals surface area contributed by atoms with E-state index in [1.165, 1.54) is 19.4 Å². The molecule has 0 amide bonds. The SMILES string of the molecule is C=C1CCC2(C(=O)O)CCC3(C)C(=CCC4C5(C)CCC(OC6OCC(O)C(O)C6OC6OC(C)C(O)C(OC7OC(CO)C(O)C(OC8OC(C)C(O)C(O)C8O)C7O)C6O)C(C)(C)C5CCC43C)C2C1. The van der Waals surface area contributed by atoms with Crippen molar-refractivity contribution in [3.63, 3.8) is 0 Å². The molecule has 0 aromatic carbocycles. The van der Waals surface area contributed by atoms with E-state index in [-0.39, 0.29) is 34.7 Å². The van der Waals surface area contributed by atoms with Gasteiger partial charge in [0.15, 0.2) is 25.2 Å². The summed E-state index contributed by atoms with van der Waals surface area (Å²) in [6.07, 6.45) is -20.0. The summed E-state index contributed by atoms with van der Waals surface area (Å²) in [5, 5.41) is 120. The lowest BCUT2D eigenvalue weighted by Crippen LogP contribution is -2.67. The molecule has 0 bridgehead atoms. The summed E-state index contributed by atoms with van der Waals surface area (Å²) in [5.41, 5.74) is 0.935. The normalized spacial score (nSPS) is 54.6. The highest BCUT2D eigenvalue weighted by atomic mass is 16.8. The van der Waals surface area contributed by atoms with Crippen molar-refractivity contribution in [2.45, 2.75) is 235 Å². The number of aliphatic carboxylic acids is 1. The van der Waals surface area contributed by atoms with E-state index >= 15 is 0 Å². The Morgan fingerprint density at radius 3 is 1.93 bits per heavy atom. The number of fused-ring (bicyclic) bond motifs is 7. The van der Waals surface area contributed by atoms with Gasteiger partial charge in [0.1, 0.15) is 79.4 Å². The molecule has 27 unspecified atom stereocenters. The molecule has 4 saturated heterocycles. The van der Waals surface area contributed by atoms with Crippen molar-refractivity contribution in [2.24, 2.45) is 44.8 Å². The van der Waals surface area contributed by atoms with E-state index in [1.54, 1.807) is 0 Å². The Morgan fingerprint density at radius 1 is 0.667 bits per heavy atom. The first kappa shape index (κ1) is 55.0. The van der Waals surface area contributed by atoms with Crippen molar-refractivity contribution in [1.29, 1.82) is 0 Å². The molecule has 20 nitrogen and oxygen atoms in total. The monoisotopic (exact) mass is 1030 g/mol. The number of aliphatic hydroxyl groups excluding tert-OH is 10. The molecule has 5 aliphatic carbocycles. The van der Waals surface area contributed by atoms with Crippen molar-refractivity contribution in [3.8, 4) is 0 Å². The van der Waals surface area contributed by atoms with Crippen LogP contribution in [0, 0.1) is 44.8 Å². The lowest BCUT2D eigenvalue weighted by molar-refractivity contribution is -0.390. The van der Waals surface area contributed by atoms with Crippen LogP contribution in [0.4, 0.5) is 0 Å². The smallest absolute Gasteiger partial charge is 0.310 e. The van der Waals surface area contributed by atoms with E-state index in [2.05, 4.69) is 47.3 Å². The molecule has 0 spiro atoms. The van der Waals surface area contributed by atoms with Gasteiger partial charge in [0, 0.05) is 5.92 Å². The summed E-state index contributed by atoms with van der Waals surface area (Å²) in [5.74, 6) is -0.207. The fourth-order valence-electron chi connectivity index (χ4n) is 15.8. The first-order valence-corrected chi connectivity index (χ1v) is 26.3. The lowest BCUT2D eigenvalue weighted by atomic mass is 9.34. The van der Waals surface area contributed by atoms with Crippen LogP contribution < -0.4 is 0 Å². The van der Waals surface area contributed by atoms with Crippen LogP contribution in [-0.2, 0) is 42.7 Å². The van der Waals surface area contributed by atoms with Crippen molar-refractivity contribution >= 4 is 5.97 Å². The number of ether oxygens (including phenoxy) is 8. The van der Waals surface area contributed by atoms with Crippen molar-refractivity contribution in [2.75, 3.05) is 13.2 Å². The molecule has 27 atom stereocenters. The van der Waals surface area contributed by atoms with E-state index in [0.717, 1.165) is 50.5 Å². The summed E-state index contributed by atoms with van der Waals surface area (Å²) in [7, 11) is 0. The van der Waals surface area contributed by atoms with Crippen LogP contribution in [0.25, 0.3) is 0 Å². The van der Waals surface area contributed by atoms with Gasteiger partial charge in [-0.1, -0.05) is 58.4 Å². The standard InChI is InChI=1S/C52H82O20/c1-22-11-16-52(47(63)64)18-17-50(7)25(26(52)19-22)9-10-30-49(6)14-13-31(48(4,5)29(49)12-15-51(30,50)8)69-46-42(34(57)27(54)21-65-46)72-44-38(61)40(33(56)24(3)67-44)70-45-39(62)41(35(58)28(20-53)68-45)71-43-37(60)36(59)32(55)23(2)66-43/h9,23-24,26-46,53-62H,1,10-21H2,2-8H3,(H,63,64). The largest absolute Gasteiger partial charge is 0.481 e. The van der Waals surface area contributed by atoms with E-state index in [1.807, 2.05) is 0 Å². The quantitative estimate of drug-likeness (QED) is 0.106. The Balaban J connectivity index is 0.902. The second-order valence-corrected chi connectivity index (χ2v) is 24.4. The number of hydrogen-bond donors (Lipinski definition) is 11. The fraction of sp³-hybridized carbons (Fsp3) is 0.904. The molecule has 20 heteroatoms. The Bertz CT molecular complexity index is 2020. The van der Waals surface area contributed by atoms with Crippen LogP contribution in [0.15, 0.2) is 23.8 Å². The molecule has 9 aliphatic rings. The maximum atomic E-state index is 13.0. The second kappa shape index (κ2) is 19.9. The van der Waals surface area contributed by atoms with Crippen LogP contribution in [0.3, 0.4) is 0 Å². The highest BCUT2D eigenvalue weighted by Gasteiger charge is 2.69. The number of carboxylic acid groups (broad SMARTS) is 1. The lowest BCUT2D eigenvalue weighted by Gasteiger charge is -2.71. The molecule has 9 rings (SSSR count). The number of carboxylic acids is 1. The minimum absolute atomic E-state index is 0.0519. The zero-order valence-electron chi connectivity index (χ0n) is 42.6. The van der Waals surface area contributed by atoms with Gasteiger partial charge < -0.3 is 94.1 Å². The van der Waals surface area contributed by atoms with Gasteiger partial charge in [-0.05, 0) is 112 Å². The molecule has 0 aromatic heterocycles. The van der Waals surface area contributed by atoms with Crippen molar-refractivity contribution in [3.05, 3.63) is 23.8 Å². The van der Waals surface area contributed by atoms with Crippen LogP contribution >= 0.6 is 0 Å². The van der Waals surface area contributed by atoms with Crippen LogP contribution in [0.2, 0.25) is 0 Å². The van der Waals surface area contributed by atoms with Crippen molar-refractivity contribution < 1.29 is 98.9 Å². The van der Waals surface area contributed by atoms with Gasteiger partial charge in [0.2, 0.25) is 0 Å². The number of aliphatic hydroxyl groups is 10. The van der Waals surface area contributed by atoms with Gasteiger partial charge in [-0.2, -0.15) is 0 Å². The number of rotatable bonds is 10. The zero-order valence-corrected chi connectivity index (χ0v) is 42.6. The predicted molar refractivity (Wildman–Crippen MR) is 250 cm³/mol. The predicted octanol–water partition coefficient (Wildman–Crippen LogP) is 0.755. The summed E-state index contributed by atoms with van der Waals surface area (Å²) in [6, 6.07) is 0. The fourth-order valence-corrected chi connectivity index (χ4v) is 15.8. The minimum Gasteiger partial charge on any atom is -0.481 e. The molecule has 8 fully saturated rings. The number of allylic oxidation sites excluding steroid dienone is 3. The van der Waals surface area contributed by atoms with Crippen LogP contribution in [0.5, 0.6) is 0 Å². The highest BCUT2D eigenvalue weighted by Crippen LogP contribution is 2.75. The third kappa shape index (κ3) is 8.70. The van der Waals surface area contributed by atoms with E-state index < -0.39 is 146 Å². The summed E-state index contributed by atoms with van der Waals surface area (Å²) in [4.78, 5) is 13.0. The van der Waals surface area contributed by atoms with Gasteiger partial charge >= 0.3 is 5.97 Å². The molecule has 410 valence electrons. The molecule has 11 N–H and O–H groups in total. The van der Waals surface area contributed by atoms with Gasteiger partial charge in [-0.15, -0.1) is 0 Å². The Labute approximate surface area is 421 Å². The molecule has 4 heterocycles. The molecule has 4 saturated carbocycles. The molecule has 0 radical (unpaired) electrons. The Hall–Kier alpha value is -1.77. The van der Waals surface area contributed by atoms with Gasteiger partial charge in [-0.25, -0.2) is 0 Å². The third-order valence-corrected chi connectivity index (χ3v) is 20.4. The first-order valence-electron chi connectivity index (χ1n) is 26.3. The average molecular weight is 1030 g/mol. The van der Waals surface area contributed by atoms with Gasteiger partial charge in [0.05, 0.1) is 36.9 Å². The third-order valence-electron chi connectivity index (χ3n) is 20.4. The zero-order chi connectivity index (χ0) is 52.4. The van der Waals surface area contributed by atoms with Crippen LogP contribution in [-0.4, -0.2) is 198 Å².